The molecule has 1 atom stereocenters. The van der Waals surface area contributed by atoms with Gasteiger partial charge in [0.15, 0.2) is 4.80 Å². The third-order valence-electron chi connectivity index (χ3n) is 6.50. The maximum atomic E-state index is 13.9. The molecule has 9 nitrogen and oxygen atoms in total. The molecule has 2 aromatic heterocycles. The summed E-state index contributed by atoms with van der Waals surface area (Å²) < 4.78 is 23.6. The van der Waals surface area contributed by atoms with Crippen molar-refractivity contribution in [2.24, 2.45) is 4.99 Å². The fourth-order valence-corrected chi connectivity index (χ4v) is 5.89. The molecule has 210 valence electrons. The lowest BCUT2D eigenvalue weighted by atomic mass is 9.95. The molecule has 0 fully saturated rings. The number of esters is 2. The first-order valence-electron chi connectivity index (χ1n) is 12.6. The minimum Gasteiger partial charge on any atom is -0.496 e. The third kappa shape index (κ3) is 5.23. The van der Waals surface area contributed by atoms with Crippen LogP contribution < -0.4 is 19.6 Å². The number of halogens is 1. The predicted octanol–water partition coefficient (Wildman–Crippen LogP) is 4.51. The lowest BCUT2D eigenvalue weighted by Crippen LogP contribution is -2.40. The number of aromatic nitrogens is 1. The largest absolute Gasteiger partial charge is 0.496 e. The van der Waals surface area contributed by atoms with Crippen LogP contribution in [0.1, 0.15) is 41.6 Å². The number of thiazole rings is 1. The van der Waals surface area contributed by atoms with Gasteiger partial charge < -0.3 is 18.6 Å². The van der Waals surface area contributed by atoms with Crippen LogP contribution in [0.4, 0.5) is 0 Å². The summed E-state index contributed by atoms with van der Waals surface area (Å²) in [4.78, 5) is 44.3. The number of para-hydroxylation sites is 1. The number of hydrogen-bond donors (Lipinski definition) is 0. The van der Waals surface area contributed by atoms with Gasteiger partial charge in [0.1, 0.15) is 23.3 Å². The van der Waals surface area contributed by atoms with Crippen molar-refractivity contribution in [2.45, 2.75) is 19.9 Å². The zero-order chi connectivity index (χ0) is 29.3. The molecule has 11 heteroatoms. The summed E-state index contributed by atoms with van der Waals surface area (Å²) in [7, 11) is 2.82. The molecule has 0 unspecified atom stereocenters. The van der Waals surface area contributed by atoms with E-state index in [9.17, 15) is 14.4 Å². The molecule has 41 heavy (non-hydrogen) atoms. The van der Waals surface area contributed by atoms with Crippen LogP contribution in [0, 0.1) is 0 Å². The Bertz CT molecular complexity index is 1880. The van der Waals surface area contributed by atoms with Gasteiger partial charge >= 0.3 is 11.9 Å². The average Bonchev–Trinajstić information content (AvgIpc) is 3.56. The smallest absolute Gasteiger partial charge is 0.338 e. The molecule has 0 radical (unpaired) electrons. The third-order valence-corrected chi connectivity index (χ3v) is 7.72. The molecule has 3 heterocycles. The summed E-state index contributed by atoms with van der Waals surface area (Å²) in [6, 6.07) is 14.5. The molecule has 5 rings (SSSR count). The van der Waals surface area contributed by atoms with Gasteiger partial charge in [0.25, 0.3) is 5.56 Å². The van der Waals surface area contributed by atoms with Crippen LogP contribution in [0.3, 0.4) is 0 Å². The molecule has 4 aromatic rings. The van der Waals surface area contributed by atoms with Crippen molar-refractivity contribution in [2.75, 3.05) is 20.8 Å². The van der Waals surface area contributed by atoms with Crippen LogP contribution in [-0.2, 0) is 14.3 Å². The average molecular weight is 593 g/mol. The number of hydrogen-bond acceptors (Lipinski definition) is 9. The van der Waals surface area contributed by atoms with E-state index in [0.29, 0.717) is 48.5 Å². The van der Waals surface area contributed by atoms with Gasteiger partial charge in [-0.25, -0.2) is 14.6 Å². The SMILES string of the molecule is CCOC(=O)C1=C(C)N=c2s/c(=C/c3ccc(-c4cc(Cl)ccc4C(=O)OC)o3)c(=O)n2[C@@H]1c1ccccc1OC. The molecule has 2 aromatic carbocycles. The minimum atomic E-state index is -0.815. The van der Waals surface area contributed by atoms with Gasteiger partial charge in [-0.05, 0) is 50.2 Å². The predicted molar refractivity (Wildman–Crippen MR) is 154 cm³/mol. The zero-order valence-electron chi connectivity index (χ0n) is 22.6. The Labute approximate surface area is 243 Å². The highest BCUT2D eigenvalue weighted by Crippen LogP contribution is 2.36. The maximum Gasteiger partial charge on any atom is 0.338 e. The lowest BCUT2D eigenvalue weighted by Gasteiger charge is -2.25. The first kappa shape index (κ1) is 28.1. The van der Waals surface area contributed by atoms with Crippen molar-refractivity contribution in [3.8, 4) is 17.1 Å². The molecule has 0 saturated carbocycles. The Hall–Kier alpha value is -4.41. The quantitative estimate of drug-likeness (QED) is 0.291. The molecule has 0 aliphatic carbocycles. The Morgan fingerprint density at radius 1 is 1.12 bits per heavy atom. The van der Waals surface area contributed by atoms with Gasteiger partial charge in [-0.3, -0.25) is 9.36 Å². The van der Waals surface area contributed by atoms with Gasteiger partial charge in [-0.1, -0.05) is 41.1 Å². The van der Waals surface area contributed by atoms with Crippen LogP contribution in [0.15, 0.2) is 80.1 Å². The van der Waals surface area contributed by atoms with E-state index < -0.39 is 18.0 Å². The number of benzene rings is 2. The fourth-order valence-electron chi connectivity index (χ4n) is 4.69. The summed E-state index contributed by atoms with van der Waals surface area (Å²) >= 11 is 7.35. The van der Waals surface area contributed by atoms with Crippen molar-refractivity contribution in [1.29, 1.82) is 0 Å². The summed E-state index contributed by atoms with van der Waals surface area (Å²) in [5.74, 6) is 0.169. The van der Waals surface area contributed by atoms with Crippen molar-refractivity contribution >= 4 is 41.0 Å². The Balaban J connectivity index is 1.65. The number of fused-ring (bicyclic) bond motifs is 1. The molecule has 0 amide bonds. The normalized spacial score (nSPS) is 14.9. The van der Waals surface area contributed by atoms with Crippen LogP contribution in [0.25, 0.3) is 17.4 Å². The maximum absolute atomic E-state index is 13.9. The summed E-state index contributed by atoms with van der Waals surface area (Å²) in [6.45, 7) is 3.61. The molecule has 0 spiro atoms. The highest BCUT2D eigenvalue weighted by Gasteiger charge is 2.35. The summed E-state index contributed by atoms with van der Waals surface area (Å²) in [5, 5.41) is 0.419. The molecular weight excluding hydrogens is 568 g/mol. The highest BCUT2D eigenvalue weighted by molar-refractivity contribution is 7.07. The van der Waals surface area contributed by atoms with Gasteiger partial charge in [0.05, 0.1) is 42.2 Å². The number of ether oxygens (including phenoxy) is 3. The number of methoxy groups -OCH3 is 2. The van der Waals surface area contributed by atoms with Gasteiger partial charge in [0.2, 0.25) is 0 Å². The van der Waals surface area contributed by atoms with E-state index in [1.54, 1.807) is 62.4 Å². The monoisotopic (exact) mass is 592 g/mol. The standard InChI is InChI=1S/C30H25ClN2O7S/c1-5-39-29(36)25-16(2)32-30-33(26(25)20-8-6-7-9-22(20)37-3)27(34)24(41-30)15-18-11-13-23(40-18)21-14-17(31)10-12-19(21)28(35)38-4/h6-15,26H,5H2,1-4H3/b24-15+/t26-/m1/s1. The van der Waals surface area contributed by atoms with Crippen LogP contribution in [0.5, 0.6) is 5.75 Å². The summed E-state index contributed by atoms with van der Waals surface area (Å²) in [6.07, 6.45) is 1.60. The summed E-state index contributed by atoms with van der Waals surface area (Å²) in [5.41, 5.74) is 1.70. The van der Waals surface area contributed by atoms with Gasteiger partial charge in [-0.2, -0.15) is 0 Å². The zero-order valence-corrected chi connectivity index (χ0v) is 24.2. The lowest BCUT2D eigenvalue weighted by molar-refractivity contribution is -0.139. The van der Waals surface area contributed by atoms with Gasteiger partial charge in [-0.15, -0.1) is 0 Å². The second-order valence-corrected chi connectivity index (χ2v) is 10.4. The van der Waals surface area contributed by atoms with Crippen molar-refractivity contribution in [3.63, 3.8) is 0 Å². The van der Waals surface area contributed by atoms with Crippen LogP contribution in [-0.4, -0.2) is 37.3 Å². The minimum absolute atomic E-state index is 0.170. The van der Waals surface area contributed by atoms with E-state index >= 15 is 0 Å². The van der Waals surface area contributed by atoms with Crippen LogP contribution >= 0.6 is 22.9 Å². The molecule has 0 saturated heterocycles. The second kappa shape index (κ2) is 11.6. The first-order valence-corrected chi connectivity index (χ1v) is 13.8. The van der Waals surface area contributed by atoms with Crippen LogP contribution in [0.2, 0.25) is 5.02 Å². The molecule has 0 bridgehead atoms. The van der Waals surface area contributed by atoms with E-state index in [2.05, 4.69) is 4.99 Å². The molecule has 1 aliphatic rings. The van der Waals surface area contributed by atoms with E-state index in [0.717, 1.165) is 11.3 Å². The Morgan fingerprint density at radius 2 is 1.90 bits per heavy atom. The molecule has 1 aliphatic heterocycles. The number of carbonyl (C=O) groups excluding carboxylic acids is 2. The Morgan fingerprint density at radius 3 is 2.63 bits per heavy atom. The van der Waals surface area contributed by atoms with Gasteiger partial charge in [0, 0.05) is 22.2 Å². The number of allylic oxidation sites excluding steroid dienone is 1. The van der Waals surface area contributed by atoms with Crippen molar-refractivity contribution in [1.82, 2.24) is 4.57 Å². The van der Waals surface area contributed by atoms with E-state index in [1.807, 2.05) is 12.1 Å². The number of rotatable bonds is 7. The van der Waals surface area contributed by atoms with Crippen molar-refractivity contribution in [3.05, 3.63) is 107 Å². The van der Waals surface area contributed by atoms with E-state index in [1.165, 1.54) is 18.8 Å². The second-order valence-electron chi connectivity index (χ2n) is 8.93. The number of furan rings is 1. The highest BCUT2D eigenvalue weighted by atomic mass is 35.5. The Kier molecular flexibility index (Phi) is 7.96. The van der Waals surface area contributed by atoms with E-state index in [4.69, 9.17) is 30.2 Å². The fraction of sp³-hybridized carbons (Fsp3) is 0.200. The number of nitrogens with zero attached hydrogens (tertiary/aromatic N) is 2. The van der Waals surface area contributed by atoms with E-state index in [-0.39, 0.29) is 23.3 Å². The van der Waals surface area contributed by atoms with Crippen molar-refractivity contribution < 1.29 is 28.2 Å². The first-order chi connectivity index (χ1) is 19.8. The molecular formula is C30H25ClN2O7S. The topological polar surface area (TPSA) is 109 Å². The molecule has 0 N–H and O–H groups in total. The number of carbonyl (C=O) groups is 2.